The van der Waals surface area contributed by atoms with Gasteiger partial charge in [0.25, 0.3) is 11.1 Å². The average molecular weight is 467 g/mol. The Kier molecular flexibility index (Phi) is 5.80. The van der Waals surface area contributed by atoms with Gasteiger partial charge >= 0.3 is 0 Å². The normalized spacial score (nSPS) is 10.4. The van der Waals surface area contributed by atoms with Gasteiger partial charge in [0, 0.05) is 34.6 Å². The van der Waals surface area contributed by atoms with Gasteiger partial charge < -0.3 is 9.97 Å². The third kappa shape index (κ3) is 4.09. The molecule has 36 heavy (non-hydrogen) atoms. The van der Waals surface area contributed by atoms with Crippen molar-refractivity contribution in [1.29, 1.82) is 10.5 Å². The van der Waals surface area contributed by atoms with E-state index in [0.29, 0.717) is 33.6 Å². The summed E-state index contributed by atoms with van der Waals surface area (Å²) in [5, 5.41) is 19.1. The molecule has 0 aliphatic rings. The highest BCUT2D eigenvalue weighted by Gasteiger charge is 2.15. The molecular formula is C29H17N5O2. The molecule has 0 unspecified atom stereocenters. The van der Waals surface area contributed by atoms with Crippen LogP contribution in [0.2, 0.25) is 0 Å². The van der Waals surface area contributed by atoms with Crippen molar-refractivity contribution in [3.63, 3.8) is 0 Å². The molecule has 5 rings (SSSR count). The van der Waals surface area contributed by atoms with Gasteiger partial charge in [-0.1, -0.05) is 60.7 Å². The molecule has 5 aromatic rings. The number of aromatic amines is 2. The number of pyridine rings is 3. The second-order valence-corrected chi connectivity index (χ2v) is 8.02. The van der Waals surface area contributed by atoms with Crippen molar-refractivity contribution in [3.8, 4) is 56.9 Å². The molecule has 7 heteroatoms. The van der Waals surface area contributed by atoms with E-state index in [2.05, 4.69) is 15.0 Å². The number of benzene rings is 2. The van der Waals surface area contributed by atoms with Crippen LogP contribution in [-0.2, 0) is 0 Å². The summed E-state index contributed by atoms with van der Waals surface area (Å²) in [6.07, 6.45) is 3.19. The van der Waals surface area contributed by atoms with Gasteiger partial charge in [-0.2, -0.15) is 10.5 Å². The standard InChI is InChI=1S/C29H17N5O2/c30-14-24-22(18-7-3-1-4-8-18)12-26(33-28(24)35)20-11-21(17-32-16-20)27-13-23(19-9-5-2-6-10-19)25(15-31)29(36)34-27/h1-13,16-17H,(H,33,35)(H,34,36). The van der Waals surface area contributed by atoms with E-state index in [1.165, 1.54) is 0 Å². The summed E-state index contributed by atoms with van der Waals surface area (Å²) in [7, 11) is 0. The van der Waals surface area contributed by atoms with E-state index in [4.69, 9.17) is 0 Å². The van der Waals surface area contributed by atoms with Crippen molar-refractivity contribution in [3.05, 3.63) is 123 Å². The minimum absolute atomic E-state index is 0.0259. The molecule has 2 N–H and O–H groups in total. The van der Waals surface area contributed by atoms with Crippen molar-refractivity contribution in [2.75, 3.05) is 0 Å². The van der Waals surface area contributed by atoms with E-state index in [-0.39, 0.29) is 11.1 Å². The molecule has 0 saturated carbocycles. The molecule has 3 aromatic heterocycles. The molecule has 0 saturated heterocycles. The average Bonchev–Trinajstić information content (AvgIpc) is 2.93. The Morgan fingerprint density at radius 1 is 0.583 bits per heavy atom. The van der Waals surface area contributed by atoms with E-state index in [1.807, 2.05) is 72.8 Å². The van der Waals surface area contributed by atoms with E-state index in [1.54, 1.807) is 30.6 Å². The topological polar surface area (TPSA) is 126 Å². The highest BCUT2D eigenvalue weighted by atomic mass is 16.1. The maximum absolute atomic E-state index is 12.7. The van der Waals surface area contributed by atoms with E-state index in [0.717, 1.165) is 11.1 Å². The number of nitrogens with one attached hydrogen (secondary N) is 2. The van der Waals surface area contributed by atoms with E-state index >= 15 is 0 Å². The first-order chi connectivity index (χ1) is 17.6. The highest BCUT2D eigenvalue weighted by Crippen LogP contribution is 2.29. The zero-order valence-corrected chi connectivity index (χ0v) is 18.8. The molecule has 0 aliphatic heterocycles. The lowest BCUT2D eigenvalue weighted by molar-refractivity contribution is 1.19. The second kappa shape index (κ2) is 9.38. The predicted molar refractivity (Wildman–Crippen MR) is 137 cm³/mol. The highest BCUT2D eigenvalue weighted by molar-refractivity contribution is 5.78. The third-order valence-electron chi connectivity index (χ3n) is 5.82. The third-order valence-corrected chi connectivity index (χ3v) is 5.82. The van der Waals surface area contributed by atoms with Crippen LogP contribution in [0.5, 0.6) is 0 Å². The first-order valence-corrected chi connectivity index (χ1v) is 11.0. The fraction of sp³-hybridized carbons (Fsp3) is 0. The molecular weight excluding hydrogens is 450 g/mol. The van der Waals surface area contributed by atoms with E-state index < -0.39 is 11.1 Å². The Bertz CT molecular complexity index is 1660. The van der Waals surface area contributed by atoms with Gasteiger partial charge in [0.2, 0.25) is 0 Å². The van der Waals surface area contributed by atoms with Gasteiger partial charge in [0.1, 0.15) is 23.3 Å². The molecule has 0 fully saturated rings. The number of hydrogen-bond donors (Lipinski definition) is 2. The molecule has 0 aliphatic carbocycles. The zero-order chi connectivity index (χ0) is 25.1. The number of rotatable bonds is 4. The Balaban J connectivity index is 1.66. The number of nitrogens with zero attached hydrogens (tertiary/aromatic N) is 3. The molecule has 0 atom stereocenters. The van der Waals surface area contributed by atoms with Gasteiger partial charge in [0.05, 0.1) is 11.4 Å². The largest absolute Gasteiger partial charge is 0.321 e. The smallest absolute Gasteiger partial charge is 0.266 e. The summed E-state index contributed by atoms with van der Waals surface area (Å²) in [5.74, 6) is 0. The van der Waals surface area contributed by atoms with Crippen LogP contribution in [-0.4, -0.2) is 15.0 Å². The van der Waals surface area contributed by atoms with Crippen molar-refractivity contribution in [2.24, 2.45) is 0 Å². The van der Waals surface area contributed by atoms with Gasteiger partial charge in [-0.15, -0.1) is 0 Å². The van der Waals surface area contributed by atoms with Crippen LogP contribution in [0.3, 0.4) is 0 Å². The van der Waals surface area contributed by atoms with Gasteiger partial charge in [-0.05, 0) is 29.3 Å². The maximum Gasteiger partial charge on any atom is 0.266 e. The number of nitriles is 2. The number of aromatic nitrogens is 3. The van der Waals surface area contributed by atoms with Crippen LogP contribution in [0.25, 0.3) is 44.8 Å². The van der Waals surface area contributed by atoms with Crippen LogP contribution in [0, 0.1) is 22.7 Å². The molecule has 3 heterocycles. The molecule has 170 valence electrons. The molecule has 0 bridgehead atoms. The molecule has 7 nitrogen and oxygen atoms in total. The SMILES string of the molecule is N#Cc1c(-c2ccccc2)cc(-c2cncc(-c3cc(-c4ccccc4)c(C#N)c(=O)[nH]3)c2)[nH]c1=O. The van der Waals surface area contributed by atoms with Gasteiger partial charge in [0.15, 0.2) is 0 Å². The van der Waals surface area contributed by atoms with Crippen LogP contribution < -0.4 is 11.1 Å². The molecule has 0 spiro atoms. The van der Waals surface area contributed by atoms with Crippen molar-refractivity contribution >= 4 is 0 Å². The Morgan fingerprint density at radius 3 is 1.39 bits per heavy atom. The number of H-pyrrole nitrogens is 2. The quantitative estimate of drug-likeness (QED) is 0.390. The van der Waals surface area contributed by atoms with Crippen molar-refractivity contribution in [1.82, 2.24) is 15.0 Å². The minimum Gasteiger partial charge on any atom is -0.321 e. The Morgan fingerprint density at radius 2 is 1.00 bits per heavy atom. The molecule has 0 amide bonds. The lowest BCUT2D eigenvalue weighted by Gasteiger charge is -2.11. The number of hydrogen-bond acceptors (Lipinski definition) is 5. The van der Waals surface area contributed by atoms with Gasteiger partial charge in [-0.3, -0.25) is 14.6 Å². The molecule has 2 aromatic carbocycles. The summed E-state index contributed by atoms with van der Waals surface area (Å²) in [5.41, 5.74) is 3.71. The lowest BCUT2D eigenvalue weighted by Crippen LogP contribution is -2.13. The summed E-state index contributed by atoms with van der Waals surface area (Å²) in [6.45, 7) is 0. The first kappa shape index (κ1) is 22.3. The minimum atomic E-state index is -0.502. The summed E-state index contributed by atoms with van der Waals surface area (Å²) in [6, 6.07) is 27.7. The molecule has 0 radical (unpaired) electrons. The predicted octanol–water partition coefficient (Wildman–Crippen LogP) is 4.87. The van der Waals surface area contributed by atoms with Crippen LogP contribution >= 0.6 is 0 Å². The summed E-state index contributed by atoms with van der Waals surface area (Å²) < 4.78 is 0. The fourth-order valence-corrected chi connectivity index (χ4v) is 4.08. The lowest BCUT2D eigenvalue weighted by atomic mass is 9.98. The zero-order valence-electron chi connectivity index (χ0n) is 18.8. The Hall–Kier alpha value is -5.53. The Labute approximate surface area is 205 Å². The van der Waals surface area contributed by atoms with Crippen molar-refractivity contribution in [2.45, 2.75) is 0 Å². The van der Waals surface area contributed by atoms with Crippen LogP contribution in [0.4, 0.5) is 0 Å². The van der Waals surface area contributed by atoms with Gasteiger partial charge in [-0.25, -0.2) is 0 Å². The summed E-state index contributed by atoms with van der Waals surface area (Å²) >= 11 is 0. The van der Waals surface area contributed by atoms with Crippen LogP contribution in [0.15, 0.2) is 101 Å². The van der Waals surface area contributed by atoms with E-state index in [9.17, 15) is 20.1 Å². The second-order valence-electron chi connectivity index (χ2n) is 8.02. The van der Waals surface area contributed by atoms with Crippen molar-refractivity contribution < 1.29 is 0 Å². The fourth-order valence-electron chi connectivity index (χ4n) is 4.08. The van der Waals surface area contributed by atoms with Crippen LogP contribution in [0.1, 0.15) is 11.1 Å². The first-order valence-electron chi connectivity index (χ1n) is 11.0. The maximum atomic E-state index is 12.7. The monoisotopic (exact) mass is 467 g/mol. The summed E-state index contributed by atoms with van der Waals surface area (Å²) in [4.78, 5) is 35.3.